The predicted octanol–water partition coefficient (Wildman–Crippen LogP) is 6.78. The van der Waals surface area contributed by atoms with Crippen LogP contribution in [-0.4, -0.2) is 42.2 Å². The first-order valence-corrected chi connectivity index (χ1v) is 13.5. The Bertz CT molecular complexity index is 1770. The smallest absolute Gasteiger partial charge is 0.338 e. The third kappa shape index (κ3) is 6.07. The maximum Gasteiger partial charge on any atom is 0.338 e. The van der Waals surface area contributed by atoms with E-state index < -0.39 is 18.0 Å². The van der Waals surface area contributed by atoms with Crippen LogP contribution in [0.25, 0.3) is 33.5 Å². The molecule has 8 heteroatoms. The van der Waals surface area contributed by atoms with E-state index in [2.05, 4.69) is 5.32 Å². The fraction of sp³-hybridized carbons (Fsp3) is 0.176. The zero-order valence-electron chi connectivity index (χ0n) is 24.1. The third-order valence-corrected chi connectivity index (χ3v) is 6.93. The number of fused-ring (bicyclic) bond motifs is 1. The van der Waals surface area contributed by atoms with Crippen molar-refractivity contribution in [2.24, 2.45) is 0 Å². The monoisotopic (exact) mass is 561 g/mol. The summed E-state index contributed by atoms with van der Waals surface area (Å²) in [5, 5.41) is 2.84. The van der Waals surface area contributed by atoms with E-state index in [0.717, 1.165) is 33.8 Å². The molecule has 1 aromatic heterocycles. The van der Waals surface area contributed by atoms with Gasteiger partial charge in [-0.25, -0.2) is 14.8 Å². The van der Waals surface area contributed by atoms with Crippen molar-refractivity contribution in [1.29, 1.82) is 0 Å². The van der Waals surface area contributed by atoms with Gasteiger partial charge in [-0.2, -0.15) is 0 Å². The minimum absolute atomic E-state index is 0.265. The third-order valence-electron chi connectivity index (χ3n) is 6.93. The minimum atomic E-state index is -1.01. The van der Waals surface area contributed by atoms with Gasteiger partial charge < -0.3 is 19.5 Å². The fourth-order valence-electron chi connectivity index (χ4n) is 4.47. The summed E-state index contributed by atoms with van der Waals surface area (Å²) in [5.41, 5.74) is 7.02. The number of methoxy groups -OCH3 is 2. The molecule has 212 valence electrons. The van der Waals surface area contributed by atoms with Crippen LogP contribution in [0.15, 0.2) is 84.9 Å². The molecule has 0 saturated carbocycles. The van der Waals surface area contributed by atoms with E-state index in [0.29, 0.717) is 28.1 Å². The first-order chi connectivity index (χ1) is 20.2. The van der Waals surface area contributed by atoms with Gasteiger partial charge in [0.05, 0.1) is 42.2 Å². The maximum absolute atomic E-state index is 13.1. The average molecular weight is 562 g/mol. The molecule has 8 nitrogen and oxygen atoms in total. The Labute approximate surface area is 244 Å². The molecule has 42 heavy (non-hydrogen) atoms. The van der Waals surface area contributed by atoms with Crippen LogP contribution < -0.4 is 14.8 Å². The second-order valence-electron chi connectivity index (χ2n) is 9.94. The minimum Gasteiger partial charge on any atom is -0.497 e. The lowest BCUT2D eigenvalue weighted by Gasteiger charge is -2.15. The number of aromatic nitrogens is 2. The highest BCUT2D eigenvalue weighted by atomic mass is 16.5. The molecule has 0 aliphatic carbocycles. The summed E-state index contributed by atoms with van der Waals surface area (Å²) in [6.45, 7) is 5.39. The summed E-state index contributed by atoms with van der Waals surface area (Å²) in [7, 11) is 3.23. The summed E-state index contributed by atoms with van der Waals surface area (Å²) in [5.74, 6) is 0.411. The first kappa shape index (κ1) is 28.3. The molecule has 0 bridgehead atoms. The summed E-state index contributed by atoms with van der Waals surface area (Å²) in [4.78, 5) is 35.7. The zero-order valence-corrected chi connectivity index (χ0v) is 24.1. The Hall–Kier alpha value is -5.24. The molecule has 0 aliphatic rings. The molecule has 0 fully saturated rings. The van der Waals surface area contributed by atoms with Gasteiger partial charge in [0.2, 0.25) is 0 Å². The van der Waals surface area contributed by atoms with Crippen molar-refractivity contribution in [3.63, 3.8) is 0 Å². The molecule has 0 spiro atoms. The number of amides is 1. The number of hydrogen-bond acceptors (Lipinski definition) is 7. The maximum atomic E-state index is 13.1. The van der Waals surface area contributed by atoms with Crippen LogP contribution in [0.5, 0.6) is 11.5 Å². The molecular weight excluding hydrogens is 530 g/mol. The molecule has 4 aromatic carbocycles. The Morgan fingerprint density at radius 1 is 0.714 bits per heavy atom. The molecule has 5 rings (SSSR count). The quantitative estimate of drug-likeness (QED) is 0.208. The molecule has 0 aliphatic heterocycles. The highest BCUT2D eigenvalue weighted by molar-refractivity contribution is 5.99. The second-order valence-corrected chi connectivity index (χ2v) is 9.94. The number of anilines is 1. The van der Waals surface area contributed by atoms with Gasteiger partial charge in [-0.15, -0.1) is 0 Å². The molecular formula is C34H31N3O5. The molecule has 1 amide bonds. The van der Waals surface area contributed by atoms with Gasteiger partial charge in [0.25, 0.3) is 5.91 Å². The number of aryl methyl sites for hydroxylation is 2. The normalized spacial score (nSPS) is 11.5. The topological polar surface area (TPSA) is 99.6 Å². The highest BCUT2D eigenvalue weighted by Gasteiger charge is 2.21. The van der Waals surface area contributed by atoms with Gasteiger partial charge in [-0.3, -0.25) is 4.79 Å². The molecule has 1 heterocycles. The predicted molar refractivity (Wildman–Crippen MR) is 163 cm³/mol. The van der Waals surface area contributed by atoms with Crippen molar-refractivity contribution in [3.05, 3.63) is 102 Å². The van der Waals surface area contributed by atoms with Gasteiger partial charge in [0, 0.05) is 16.8 Å². The molecule has 0 saturated heterocycles. The van der Waals surface area contributed by atoms with Crippen LogP contribution in [0.2, 0.25) is 0 Å². The second kappa shape index (κ2) is 12.1. The van der Waals surface area contributed by atoms with Crippen LogP contribution in [0.1, 0.15) is 28.4 Å². The summed E-state index contributed by atoms with van der Waals surface area (Å²) >= 11 is 0. The SMILES string of the molecule is COc1ccc(-c2nc3ccc(C(=O)OC(C)C(=O)Nc4cc(C)ccc4C)cc3nc2-c2ccc(OC)cc2)cc1. The Morgan fingerprint density at radius 3 is 1.86 bits per heavy atom. The Kier molecular flexibility index (Phi) is 8.15. The van der Waals surface area contributed by atoms with Crippen molar-refractivity contribution in [3.8, 4) is 34.0 Å². The van der Waals surface area contributed by atoms with Gasteiger partial charge in [-0.1, -0.05) is 12.1 Å². The lowest BCUT2D eigenvalue weighted by molar-refractivity contribution is -0.123. The molecule has 1 unspecified atom stereocenters. The number of nitrogens with zero attached hydrogens (tertiary/aromatic N) is 2. The summed E-state index contributed by atoms with van der Waals surface area (Å²) < 4.78 is 16.2. The number of ether oxygens (including phenoxy) is 3. The fourth-order valence-corrected chi connectivity index (χ4v) is 4.47. The van der Waals surface area contributed by atoms with Crippen molar-refractivity contribution in [2.45, 2.75) is 26.9 Å². The van der Waals surface area contributed by atoms with Crippen LogP contribution >= 0.6 is 0 Å². The van der Waals surface area contributed by atoms with E-state index in [1.165, 1.54) is 0 Å². The highest BCUT2D eigenvalue weighted by Crippen LogP contribution is 2.33. The van der Waals surface area contributed by atoms with E-state index in [-0.39, 0.29) is 5.56 Å². The van der Waals surface area contributed by atoms with E-state index in [1.54, 1.807) is 39.3 Å². The van der Waals surface area contributed by atoms with Crippen LogP contribution in [0.3, 0.4) is 0 Å². The number of carbonyl (C=O) groups is 2. The van der Waals surface area contributed by atoms with E-state index in [4.69, 9.17) is 24.2 Å². The lowest BCUT2D eigenvalue weighted by Crippen LogP contribution is -2.30. The van der Waals surface area contributed by atoms with Gasteiger partial charge in [0.1, 0.15) is 11.5 Å². The summed E-state index contributed by atoms with van der Waals surface area (Å²) in [6, 6.07) is 25.9. The zero-order chi connectivity index (χ0) is 29.8. The van der Waals surface area contributed by atoms with Crippen LogP contribution in [0, 0.1) is 13.8 Å². The molecule has 5 aromatic rings. The largest absolute Gasteiger partial charge is 0.497 e. The number of nitrogens with one attached hydrogen (secondary N) is 1. The lowest BCUT2D eigenvalue weighted by atomic mass is 10.0. The van der Waals surface area contributed by atoms with Crippen LogP contribution in [-0.2, 0) is 9.53 Å². The van der Waals surface area contributed by atoms with Crippen LogP contribution in [0.4, 0.5) is 5.69 Å². The number of rotatable bonds is 8. The standard InChI is InChI=1S/C34H31N3O5/c1-20-6-7-21(2)29(18-20)37-33(38)22(3)42-34(39)25-12-17-28-30(19-25)36-32(24-10-15-27(41-5)16-11-24)31(35-28)23-8-13-26(40-4)14-9-23/h6-19,22H,1-5H3,(H,37,38). The number of benzene rings is 4. The number of carbonyl (C=O) groups excluding carboxylic acids is 2. The van der Waals surface area contributed by atoms with Gasteiger partial charge in [0.15, 0.2) is 6.10 Å². The Morgan fingerprint density at radius 2 is 1.29 bits per heavy atom. The van der Waals surface area contributed by atoms with E-state index in [9.17, 15) is 9.59 Å². The van der Waals surface area contributed by atoms with Gasteiger partial charge >= 0.3 is 5.97 Å². The number of esters is 1. The van der Waals surface area contributed by atoms with Gasteiger partial charge in [-0.05, 0) is 105 Å². The van der Waals surface area contributed by atoms with E-state index >= 15 is 0 Å². The van der Waals surface area contributed by atoms with Crippen molar-refractivity contribution >= 4 is 28.6 Å². The summed E-state index contributed by atoms with van der Waals surface area (Å²) in [6.07, 6.45) is -1.01. The number of hydrogen-bond donors (Lipinski definition) is 1. The molecule has 0 radical (unpaired) electrons. The molecule has 1 N–H and O–H groups in total. The average Bonchev–Trinajstić information content (AvgIpc) is 3.01. The Balaban J connectivity index is 1.45. The van der Waals surface area contributed by atoms with E-state index in [1.807, 2.05) is 80.6 Å². The van der Waals surface area contributed by atoms with Crippen molar-refractivity contribution in [1.82, 2.24) is 9.97 Å². The molecule has 1 atom stereocenters. The van der Waals surface area contributed by atoms with Crippen molar-refractivity contribution in [2.75, 3.05) is 19.5 Å². The van der Waals surface area contributed by atoms with Crippen molar-refractivity contribution < 1.29 is 23.8 Å². The first-order valence-electron chi connectivity index (χ1n) is 13.5.